The molecule has 2 aromatic carbocycles. The van der Waals surface area contributed by atoms with E-state index in [0.717, 1.165) is 5.56 Å². The third-order valence-electron chi connectivity index (χ3n) is 3.62. The first kappa shape index (κ1) is 17.4. The molecule has 0 spiro atoms. The number of benzene rings is 2. The summed E-state index contributed by atoms with van der Waals surface area (Å²) in [5.74, 6) is 4.34. The molecular weight excluding hydrogens is 337 g/mol. The number of hydrogen-bond donors (Lipinski definition) is 2. The number of hydrazine groups is 1. The molecular formula is C19H16FN3O3. The van der Waals surface area contributed by atoms with Gasteiger partial charge in [-0.3, -0.25) is 0 Å². The standard InChI is InChI=1S/C19H16FN3O3/c20-16-10-14(23(21)12-13-4-2-1-3-5-13)6-7-18(16)26-15-8-9-22-17(11-15)19(24)25/h1-11H,12,21H2,(H,24,25). The van der Waals surface area contributed by atoms with Crippen LogP contribution < -0.4 is 15.6 Å². The Morgan fingerprint density at radius 1 is 1.15 bits per heavy atom. The fourth-order valence-electron chi connectivity index (χ4n) is 2.34. The van der Waals surface area contributed by atoms with Crippen LogP contribution in [-0.2, 0) is 6.54 Å². The van der Waals surface area contributed by atoms with Crippen molar-refractivity contribution in [2.45, 2.75) is 6.54 Å². The lowest BCUT2D eigenvalue weighted by Crippen LogP contribution is -2.30. The first-order chi connectivity index (χ1) is 12.5. The van der Waals surface area contributed by atoms with E-state index in [1.165, 1.54) is 35.5 Å². The molecule has 3 rings (SSSR count). The average molecular weight is 353 g/mol. The highest BCUT2D eigenvalue weighted by molar-refractivity contribution is 5.85. The SMILES string of the molecule is NN(Cc1ccccc1)c1ccc(Oc2ccnc(C(=O)O)c2)c(F)c1. The van der Waals surface area contributed by atoms with E-state index in [9.17, 15) is 9.18 Å². The second-order valence-corrected chi connectivity index (χ2v) is 5.51. The van der Waals surface area contributed by atoms with Crippen molar-refractivity contribution in [1.29, 1.82) is 0 Å². The minimum Gasteiger partial charge on any atom is -0.477 e. The lowest BCUT2D eigenvalue weighted by Gasteiger charge is -2.19. The van der Waals surface area contributed by atoms with E-state index in [1.54, 1.807) is 6.07 Å². The van der Waals surface area contributed by atoms with Crippen molar-refractivity contribution in [3.63, 3.8) is 0 Å². The molecule has 0 aliphatic heterocycles. The molecule has 0 bridgehead atoms. The highest BCUT2D eigenvalue weighted by Gasteiger charge is 2.11. The molecule has 1 aromatic heterocycles. The van der Waals surface area contributed by atoms with Crippen molar-refractivity contribution >= 4 is 11.7 Å². The monoisotopic (exact) mass is 353 g/mol. The number of halogens is 1. The summed E-state index contributed by atoms with van der Waals surface area (Å²) in [5.41, 5.74) is 1.30. The molecule has 7 heteroatoms. The van der Waals surface area contributed by atoms with Gasteiger partial charge in [0, 0.05) is 18.3 Å². The zero-order chi connectivity index (χ0) is 18.5. The number of hydrogen-bond acceptors (Lipinski definition) is 5. The van der Waals surface area contributed by atoms with Crippen LogP contribution in [0.3, 0.4) is 0 Å². The van der Waals surface area contributed by atoms with Gasteiger partial charge in [0.1, 0.15) is 5.75 Å². The molecule has 3 aromatic rings. The van der Waals surface area contributed by atoms with Crippen LogP contribution in [0.25, 0.3) is 0 Å². The molecule has 6 nitrogen and oxygen atoms in total. The summed E-state index contributed by atoms with van der Waals surface area (Å²) in [4.78, 5) is 14.6. The molecule has 0 aliphatic carbocycles. The fourth-order valence-corrected chi connectivity index (χ4v) is 2.34. The Morgan fingerprint density at radius 3 is 2.62 bits per heavy atom. The maximum Gasteiger partial charge on any atom is 0.354 e. The number of carbonyl (C=O) groups is 1. The van der Waals surface area contributed by atoms with Crippen molar-refractivity contribution in [3.05, 3.63) is 83.9 Å². The van der Waals surface area contributed by atoms with Gasteiger partial charge in [-0.2, -0.15) is 0 Å². The molecule has 26 heavy (non-hydrogen) atoms. The van der Waals surface area contributed by atoms with Crippen LogP contribution in [0.5, 0.6) is 11.5 Å². The molecule has 3 N–H and O–H groups in total. The summed E-state index contributed by atoms with van der Waals surface area (Å²) in [6, 6.07) is 16.6. The normalized spacial score (nSPS) is 10.4. The van der Waals surface area contributed by atoms with Gasteiger partial charge in [0.2, 0.25) is 0 Å². The minimum atomic E-state index is -1.19. The van der Waals surface area contributed by atoms with E-state index >= 15 is 0 Å². The van der Waals surface area contributed by atoms with Crippen molar-refractivity contribution in [2.24, 2.45) is 5.84 Å². The van der Waals surface area contributed by atoms with Crippen molar-refractivity contribution in [2.75, 3.05) is 5.01 Å². The Kier molecular flexibility index (Phi) is 5.09. The zero-order valence-corrected chi connectivity index (χ0v) is 13.7. The van der Waals surface area contributed by atoms with E-state index in [4.69, 9.17) is 15.7 Å². The lowest BCUT2D eigenvalue weighted by molar-refractivity contribution is 0.0690. The number of aromatic carboxylic acids is 1. The van der Waals surface area contributed by atoms with Crippen molar-refractivity contribution < 1.29 is 19.0 Å². The Bertz CT molecular complexity index is 919. The van der Waals surface area contributed by atoms with Crippen molar-refractivity contribution in [3.8, 4) is 11.5 Å². The molecule has 0 fully saturated rings. The second kappa shape index (κ2) is 7.62. The van der Waals surface area contributed by atoms with Gasteiger partial charge >= 0.3 is 5.97 Å². The number of nitrogens with two attached hydrogens (primary N) is 1. The summed E-state index contributed by atoms with van der Waals surface area (Å²) >= 11 is 0. The highest BCUT2D eigenvalue weighted by atomic mass is 19.1. The largest absolute Gasteiger partial charge is 0.477 e. The van der Waals surface area contributed by atoms with Gasteiger partial charge in [0.15, 0.2) is 17.3 Å². The Morgan fingerprint density at radius 2 is 1.92 bits per heavy atom. The van der Waals surface area contributed by atoms with Crippen LogP contribution in [0.2, 0.25) is 0 Å². The topological polar surface area (TPSA) is 88.7 Å². The number of rotatable bonds is 6. The van der Waals surface area contributed by atoms with Gasteiger partial charge in [-0.1, -0.05) is 30.3 Å². The van der Waals surface area contributed by atoms with E-state index < -0.39 is 11.8 Å². The van der Waals surface area contributed by atoms with Gasteiger partial charge < -0.3 is 14.9 Å². The first-order valence-corrected chi connectivity index (χ1v) is 7.76. The van der Waals surface area contributed by atoms with Gasteiger partial charge in [-0.25, -0.2) is 20.0 Å². The van der Waals surface area contributed by atoms with E-state index in [0.29, 0.717) is 12.2 Å². The summed E-state index contributed by atoms with van der Waals surface area (Å²) < 4.78 is 19.8. The molecule has 0 saturated heterocycles. The van der Waals surface area contributed by atoms with Crippen LogP contribution in [0.15, 0.2) is 66.9 Å². The molecule has 132 valence electrons. The quantitative estimate of drug-likeness (QED) is 0.520. The van der Waals surface area contributed by atoms with Gasteiger partial charge in [-0.05, 0) is 23.8 Å². The number of nitrogens with zero attached hydrogens (tertiary/aromatic N) is 2. The van der Waals surface area contributed by atoms with E-state index in [2.05, 4.69) is 4.98 Å². The van der Waals surface area contributed by atoms with Gasteiger partial charge in [-0.15, -0.1) is 0 Å². The summed E-state index contributed by atoms with van der Waals surface area (Å²) in [6.45, 7) is 0.423. The molecule has 0 atom stereocenters. The third-order valence-corrected chi connectivity index (χ3v) is 3.62. The molecule has 0 radical (unpaired) electrons. The molecule has 0 aliphatic rings. The second-order valence-electron chi connectivity index (χ2n) is 5.51. The van der Waals surface area contributed by atoms with Crippen LogP contribution >= 0.6 is 0 Å². The fraction of sp³-hybridized carbons (Fsp3) is 0.0526. The average Bonchev–Trinajstić information content (AvgIpc) is 2.64. The predicted octanol–water partition coefficient (Wildman–Crippen LogP) is 3.59. The molecule has 0 amide bonds. The van der Waals surface area contributed by atoms with Crippen LogP contribution in [-0.4, -0.2) is 16.1 Å². The number of pyridine rings is 1. The Balaban J connectivity index is 1.75. The van der Waals surface area contributed by atoms with E-state index in [1.807, 2.05) is 30.3 Å². The smallest absolute Gasteiger partial charge is 0.354 e. The minimum absolute atomic E-state index is 0.0376. The summed E-state index contributed by atoms with van der Waals surface area (Å²) in [6.07, 6.45) is 1.28. The van der Waals surface area contributed by atoms with E-state index in [-0.39, 0.29) is 17.2 Å². The zero-order valence-electron chi connectivity index (χ0n) is 13.7. The maximum atomic E-state index is 14.4. The molecule has 1 heterocycles. The summed E-state index contributed by atoms with van der Waals surface area (Å²) in [7, 11) is 0. The number of carboxylic acid groups (broad SMARTS) is 1. The van der Waals surface area contributed by atoms with Crippen molar-refractivity contribution in [1.82, 2.24) is 4.98 Å². The highest BCUT2D eigenvalue weighted by Crippen LogP contribution is 2.28. The van der Waals surface area contributed by atoms with Gasteiger partial charge in [0.25, 0.3) is 0 Å². The number of aromatic nitrogens is 1. The summed E-state index contributed by atoms with van der Waals surface area (Å²) in [5, 5.41) is 10.4. The Hall–Kier alpha value is -3.45. The maximum absolute atomic E-state index is 14.4. The number of carboxylic acids is 1. The van der Waals surface area contributed by atoms with Crippen LogP contribution in [0, 0.1) is 5.82 Å². The van der Waals surface area contributed by atoms with Crippen LogP contribution in [0.1, 0.15) is 16.1 Å². The number of ether oxygens (including phenoxy) is 1. The molecule has 0 unspecified atom stereocenters. The van der Waals surface area contributed by atoms with Crippen LogP contribution in [0.4, 0.5) is 10.1 Å². The predicted molar refractivity (Wildman–Crippen MR) is 94.5 cm³/mol. The Labute approximate surface area is 149 Å². The van der Waals surface area contributed by atoms with Gasteiger partial charge in [0.05, 0.1) is 12.2 Å². The molecule has 0 saturated carbocycles. The first-order valence-electron chi connectivity index (χ1n) is 7.76. The number of anilines is 1. The lowest BCUT2D eigenvalue weighted by atomic mass is 10.2. The third kappa shape index (κ3) is 4.14.